The standard InChI is InChI=1S/C19H20F3N7O3/c1-2-32-17(31)28-6-4-18(3-5-23,11-19(28,21)22)29-10-14(15(24)30)16(27-29)26-13-7-12(20)8-25-9-13/h7-10H,2-4,6,11H2,1H3,(H2,24,30)(H,26,27). The van der Waals surface area contributed by atoms with Crippen LogP contribution in [0.2, 0.25) is 0 Å². The van der Waals surface area contributed by atoms with E-state index >= 15 is 0 Å². The van der Waals surface area contributed by atoms with Crippen molar-refractivity contribution >= 4 is 23.5 Å². The summed E-state index contributed by atoms with van der Waals surface area (Å²) in [6.07, 6.45) is 0.861. The number of nitrogens with one attached hydrogen (secondary N) is 1. The van der Waals surface area contributed by atoms with Crippen LogP contribution < -0.4 is 11.1 Å². The summed E-state index contributed by atoms with van der Waals surface area (Å²) in [5.41, 5.74) is 3.86. The van der Waals surface area contributed by atoms with E-state index in [2.05, 4.69) is 15.4 Å². The van der Waals surface area contributed by atoms with Crippen LogP contribution in [0.4, 0.5) is 29.5 Å². The monoisotopic (exact) mass is 451 g/mol. The Hall–Kier alpha value is -3.82. The van der Waals surface area contributed by atoms with E-state index in [0.29, 0.717) is 4.90 Å². The number of nitrogens with two attached hydrogens (primary N) is 1. The number of anilines is 2. The Balaban J connectivity index is 1.99. The first-order valence-electron chi connectivity index (χ1n) is 9.58. The number of hydrogen-bond donors (Lipinski definition) is 2. The van der Waals surface area contributed by atoms with Gasteiger partial charge < -0.3 is 15.8 Å². The third kappa shape index (κ3) is 4.43. The summed E-state index contributed by atoms with van der Waals surface area (Å²) in [5, 5.41) is 16.2. The molecule has 3 heterocycles. The zero-order valence-electron chi connectivity index (χ0n) is 17.0. The summed E-state index contributed by atoms with van der Waals surface area (Å²) in [6.45, 7) is 1.02. The van der Waals surface area contributed by atoms with E-state index in [1.807, 2.05) is 6.07 Å². The number of hydrogen-bond acceptors (Lipinski definition) is 7. The topological polar surface area (TPSA) is 139 Å². The lowest BCUT2D eigenvalue weighted by molar-refractivity contribution is -0.181. The molecule has 0 aromatic carbocycles. The second kappa shape index (κ2) is 8.74. The number of likely N-dealkylation sites (tertiary alicyclic amines) is 1. The van der Waals surface area contributed by atoms with Crippen molar-refractivity contribution in [3.05, 3.63) is 36.0 Å². The summed E-state index contributed by atoms with van der Waals surface area (Å²) >= 11 is 0. The van der Waals surface area contributed by atoms with Crippen molar-refractivity contribution < 1.29 is 27.5 Å². The Labute approximate surface area is 180 Å². The largest absolute Gasteiger partial charge is 0.450 e. The molecule has 1 aliphatic heterocycles. The summed E-state index contributed by atoms with van der Waals surface area (Å²) in [4.78, 5) is 27.8. The van der Waals surface area contributed by atoms with Crippen LogP contribution in [-0.2, 0) is 10.3 Å². The van der Waals surface area contributed by atoms with Gasteiger partial charge in [0.2, 0.25) is 0 Å². The van der Waals surface area contributed by atoms with Gasteiger partial charge in [-0.15, -0.1) is 0 Å². The average Bonchev–Trinajstić information content (AvgIpc) is 3.12. The second-order valence-electron chi connectivity index (χ2n) is 7.22. The fraction of sp³-hybridized carbons (Fsp3) is 0.421. The van der Waals surface area contributed by atoms with Crippen molar-refractivity contribution in [3.8, 4) is 6.07 Å². The molecule has 1 aliphatic rings. The zero-order chi connectivity index (χ0) is 23.5. The van der Waals surface area contributed by atoms with Crippen LogP contribution in [0.15, 0.2) is 24.7 Å². The Morgan fingerprint density at radius 2 is 2.16 bits per heavy atom. The normalized spacial score (nSPS) is 19.8. The number of carbonyl (C=O) groups is 2. The molecule has 1 fully saturated rings. The number of primary amides is 1. The maximum Gasteiger partial charge on any atom is 0.414 e. The number of halogens is 3. The fourth-order valence-electron chi connectivity index (χ4n) is 3.57. The molecule has 3 N–H and O–H groups in total. The molecule has 2 aromatic rings. The number of nitriles is 1. The molecule has 1 unspecified atom stereocenters. The van der Waals surface area contributed by atoms with Gasteiger partial charge >= 0.3 is 12.1 Å². The summed E-state index contributed by atoms with van der Waals surface area (Å²) < 4.78 is 49.1. The number of alkyl halides is 2. The Bertz CT molecular complexity index is 1070. The maximum absolute atomic E-state index is 14.9. The molecule has 0 aliphatic carbocycles. The van der Waals surface area contributed by atoms with Crippen molar-refractivity contribution in [3.63, 3.8) is 0 Å². The number of pyridine rings is 1. The molecule has 0 saturated carbocycles. The third-order valence-corrected chi connectivity index (χ3v) is 5.07. The van der Waals surface area contributed by atoms with Crippen LogP contribution in [0.25, 0.3) is 0 Å². The molecule has 2 aromatic heterocycles. The highest BCUT2D eigenvalue weighted by molar-refractivity contribution is 5.98. The minimum Gasteiger partial charge on any atom is -0.450 e. The first-order chi connectivity index (χ1) is 15.1. The van der Waals surface area contributed by atoms with Crippen LogP contribution in [-0.4, -0.2) is 50.9 Å². The lowest BCUT2D eigenvalue weighted by Crippen LogP contribution is -2.57. The van der Waals surface area contributed by atoms with Crippen LogP contribution >= 0.6 is 0 Å². The molecular weight excluding hydrogens is 431 g/mol. The van der Waals surface area contributed by atoms with E-state index in [1.165, 1.54) is 13.1 Å². The fourth-order valence-corrected chi connectivity index (χ4v) is 3.57. The number of amides is 2. The number of ether oxygens (including phenoxy) is 1. The molecule has 0 spiro atoms. The number of rotatable bonds is 6. The second-order valence-corrected chi connectivity index (χ2v) is 7.22. The van der Waals surface area contributed by atoms with Gasteiger partial charge in [0.1, 0.15) is 11.4 Å². The molecule has 2 amide bonds. The van der Waals surface area contributed by atoms with Crippen molar-refractivity contribution in [1.29, 1.82) is 5.26 Å². The van der Waals surface area contributed by atoms with Gasteiger partial charge in [0, 0.05) is 18.8 Å². The Morgan fingerprint density at radius 1 is 1.41 bits per heavy atom. The number of nitrogens with zero attached hydrogens (tertiary/aromatic N) is 5. The van der Waals surface area contributed by atoms with Crippen LogP contribution in [0.3, 0.4) is 0 Å². The van der Waals surface area contributed by atoms with E-state index in [0.717, 1.165) is 23.1 Å². The molecular formula is C19H20F3N7O3. The van der Waals surface area contributed by atoms with Gasteiger partial charge in [-0.1, -0.05) is 0 Å². The molecule has 0 radical (unpaired) electrons. The molecule has 1 saturated heterocycles. The molecule has 32 heavy (non-hydrogen) atoms. The van der Waals surface area contributed by atoms with Crippen molar-refractivity contribution in [1.82, 2.24) is 19.7 Å². The average molecular weight is 451 g/mol. The highest BCUT2D eigenvalue weighted by Crippen LogP contribution is 2.44. The van der Waals surface area contributed by atoms with Crippen LogP contribution in [0.1, 0.15) is 36.5 Å². The lowest BCUT2D eigenvalue weighted by atomic mass is 9.83. The summed E-state index contributed by atoms with van der Waals surface area (Å²) in [7, 11) is 0. The minimum atomic E-state index is -3.64. The number of piperidine rings is 1. The van der Waals surface area contributed by atoms with E-state index in [9.17, 15) is 28.0 Å². The van der Waals surface area contributed by atoms with Gasteiger partial charge in [-0.2, -0.15) is 19.1 Å². The molecule has 3 rings (SSSR count). The van der Waals surface area contributed by atoms with Gasteiger partial charge in [0.25, 0.3) is 5.91 Å². The number of aromatic nitrogens is 3. The highest BCUT2D eigenvalue weighted by Gasteiger charge is 2.54. The van der Waals surface area contributed by atoms with Gasteiger partial charge in [-0.3, -0.25) is 14.5 Å². The van der Waals surface area contributed by atoms with Crippen molar-refractivity contribution in [2.24, 2.45) is 5.73 Å². The third-order valence-electron chi connectivity index (χ3n) is 5.07. The van der Waals surface area contributed by atoms with E-state index in [4.69, 9.17) is 10.5 Å². The zero-order valence-corrected chi connectivity index (χ0v) is 17.0. The van der Waals surface area contributed by atoms with Crippen molar-refractivity contribution in [2.45, 2.75) is 37.8 Å². The molecule has 1 atom stereocenters. The van der Waals surface area contributed by atoms with Gasteiger partial charge in [-0.25, -0.2) is 14.1 Å². The Morgan fingerprint density at radius 3 is 2.75 bits per heavy atom. The summed E-state index contributed by atoms with van der Waals surface area (Å²) in [5.74, 6) is -1.67. The smallest absolute Gasteiger partial charge is 0.414 e. The Kier molecular flexibility index (Phi) is 6.24. The minimum absolute atomic E-state index is 0.0597. The van der Waals surface area contributed by atoms with Crippen molar-refractivity contribution in [2.75, 3.05) is 18.5 Å². The highest BCUT2D eigenvalue weighted by atomic mass is 19.3. The quantitative estimate of drug-likeness (QED) is 0.644. The SMILES string of the molecule is CCOC(=O)N1CCC(CC#N)(n2cc(C(N)=O)c(Nc3cncc(F)c3)n2)CC1(F)F. The van der Waals surface area contributed by atoms with Gasteiger partial charge in [0.05, 0.1) is 49.1 Å². The van der Waals surface area contributed by atoms with Gasteiger partial charge in [-0.05, 0) is 13.3 Å². The molecule has 10 nitrogen and oxygen atoms in total. The predicted molar refractivity (Wildman–Crippen MR) is 104 cm³/mol. The molecule has 13 heteroatoms. The maximum atomic E-state index is 14.9. The molecule has 0 bridgehead atoms. The van der Waals surface area contributed by atoms with Gasteiger partial charge in [0.15, 0.2) is 5.82 Å². The van der Waals surface area contributed by atoms with E-state index < -0.39 is 42.4 Å². The first kappa shape index (κ1) is 22.9. The number of carbonyl (C=O) groups excluding carboxylic acids is 2. The summed E-state index contributed by atoms with van der Waals surface area (Å²) in [6, 6.07) is -0.674. The van der Waals surface area contributed by atoms with E-state index in [1.54, 1.807) is 0 Å². The van der Waals surface area contributed by atoms with Crippen LogP contribution in [0.5, 0.6) is 0 Å². The molecule has 170 valence electrons. The van der Waals surface area contributed by atoms with Crippen LogP contribution in [0, 0.1) is 17.1 Å². The predicted octanol–water partition coefficient (Wildman–Crippen LogP) is 2.71. The first-order valence-corrected chi connectivity index (χ1v) is 9.58. The lowest BCUT2D eigenvalue weighted by Gasteiger charge is -2.44. The van der Waals surface area contributed by atoms with E-state index in [-0.39, 0.29) is 36.5 Å².